The summed E-state index contributed by atoms with van der Waals surface area (Å²) in [6, 6.07) is 8.77. The molecule has 180 valence electrons. The number of hydrogen-bond acceptors (Lipinski definition) is 4. The third-order valence-electron chi connectivity index (χ3n) is 6.36. The van der Waals surface area contributed by atoms with Crippen molar-refractivity contribution in [3.05, 3.63) is 58.0 Å². The van der Waals surface area contributed by atoms with Crippen LogP contribution in [0.5, 0.6) is 0 Å². The van der Waals surface area contributed by atoms with Crippen LogP contribution in [0.4, 0.5) is 17.6 Å². The van der Waals surface area contributed by atoms with Crippen LogP contribution in [0.1, 0.15) is 41.6 Å². The van der Waals surface area contributed by atoms with Gasteiger partial charge in [-0.2, -0.15) is 24.5 Å². The monoisotopic (exact) mass is 486 g/mol. The molecule has 2 aromatic rings. The Labute approximate surface area is 193 Å². The third-order valence-corrected chi connectivity index (χ3v) is 7.04. The summed E-state index contributed by atoms with van der Waals surface area (Å²) in [4.78, 5) is 25.9. The normalized spacial score (nSPS) is 18.5. The van der Waals surface area contributed by atoms with Gasteiger partial charge in [0.15, 0.2) is 0 Å². The zero-order valence-corrected chi connectivity index (χ0v) is 18.8. The Bertz CT molecular complexity index is 914. The number of rotatable bonds is 3. The molecule has 1 aromatic heterocycles. The zero-order valence-electron chi connectivity index (χ0n) is 18.0. The summed E-state index contributed by atoms with van der Waals surface area (Å²) in [5, 5.41) is 11.0. The first-order chi connectivity index (χ1) is 15.6. The summed E-state index contributed by atoms with van der Waals surface area (Å²) in [6.45, 7) is 4.85. The molecule has 1 aromatic carbocycles. The number of amides is 1. The van der Waals surface area contributed by atoms with E-state index in [2.05, 4.69) is 4.90 Å². The molecule has 2 aliphatic heterocycles. The Morgan fingerprint density at radius 3 is 2.00 bits per heavy atom. The summed E-state index contributed by atoms with van der Waals surface area (Å²) in [6.07, 6.45) is -0.441. The van der Waals surface area contributed by atoms with Crippen LogP contribution < -0.4 is 0 Å². The van der Waals surface area contributed by atoms with E-state index in [0.717, 1.165) is 51.1 Å². The lowest BCUT2D eigenvalue weighted by Crippen LogP contribution is -2.48. The molecule has 1 amide bonds. The lowest BCUT2D eigenvalue weighted by molar-refractivity contribution is -0.192. The van der Waals surface area contributed by atoms with Crippen LogP contribution in [0.25, 0.3) is 0 Å². The van der Waals surface area contributed by atoms with E-state index in [1.165, 1.54) is 18.4 Å². The number of carboxylic acid groups (broad SMARTS) is 1. The molecule has 33 heavy (non-hydrogen) atoms. The maximum absolute atomic E-state index is 13.0. The first-order valence-electron chi connectivity index (χ1n) is 10.7. The molecule has 0 unspecified atom stereocenters. The Kier molecular flexibility index (Phi) is 8.12. The number of halogens is 4. The SMILES string of the molecule is O=C(O)C(F)(F)F.O=C(c1ccsc1)N1CCC2(CCN(Cc3ccc(F)cc3)CC2)CC1. The lowest BCUT2D eigenvalue weighted by atomic mass is 9.71. The van der Waals surface area contributed by atoms with Gasteiger partial charge in [-0.1, -0.05) is 12.1 Å². The van der Waals surface area contributed by atoms with E-state index in [-0.39, 0.29) is 11.7 Å². The van der Waals surface area contributed by atoms with E-state index in [1.807, 2.05) is 33.9 Å². The van der Waals surface area contributed by atoms with Gasteiger partial charge in [0.1, 0.15) is 5.82 Å². The molecule has 2 fully saturated rings. The first kappa shape index (κ1) is 25.2. The fraction of sp³-hybridized carbons (Fsp3) is 0.478. The van der Waals surface area contributed by atoms with Crippen molar-refractivity contribution in [1.29, 1.82) is 0 Å². The van der Waals surface area contributed by atoms with E-state index in [4.69, 9.17) is 9.90 Å². The first-order valence-corrected chi connectivity index (χ1v) is 11.6. The highest BCUT2D eigenvalue weighted by Crippen LogP contribution is 2.41. The fourth-order valence-corrected chi connectivity index (χ4v) is 4.92. The van der Waals surface area contributed by atoms with Crippen molar-refractivity contribution >= 4 is 23.2 Å². The van der Waals surface area contributed by atoms with Crippen molar-refractivity contribution in [2.75, 3.05) is 26.2 Å². The maximum atomic E-state index is 13.0. The summed E-state index contributed by atoms with van der Waals surface area (Å²) in [5.74, 6) is -2.74. The summed E-state index contributed by atoms with van der Waals surface area (Å²) >= 11 is 1.58. The second-order valence-corrected chi connectivity index (χ2v) is 9.29. The highest BCUT2D eigenvalue weighted by atomic mass is 32.1. The number of hydrogen-bond donors (Lipinski definition) is 1. The number of carbonyl (C=O) groups is 2. The molecular formula is C23H26F4N2O3S. The van der Waals surface area contributed by atoms with Gasteiger partial charge >= 0.3 is 12.1 Å². The van der Waals surface area contributed by atoms with Gasteiger partial charge in [0.2, 0.25) is 0 Å². The lowest BCUT2D eigenvalue weighted by Gasteiger charge is -2.47. The van der Waals surface area contributed by atoms with E-state index in [1.54, 1.807) is 23.5 Å². The van der Waals surface area contributed by atoms with Gasteiger partial charge in [-0.3, -0.25) is 9.69 Å². The molecule has 5 nitrogen and oxygen atoms in total. The fourth-order valence-electron chi connectivity index (χ4n) is 4.29. The maximum Gasteiger partial charge on any atom is 0.490 e. The molecule has 3 heterocycles. The minimum atomic E-state index is -5.08. The minimum Gasteiger partial charge on any atom is -0.475 e. The standard InChI is InChI=1S/C21H25FN2OS.C2HF3O2/c22-19-3-1-17(2-4-19)15-23-10-6-21(7-11-23)8-12-24(13-9-21)20(25)18-5-14-26-16-18;3-2(4,5)1(6)7/h1-5,14,16H,6-13,15H2;(H,6,7). The number of alkyl halides is 3. The van der Waals surface area contributed by atoms with Gasteiger partial charge in [-0.05, 0) is 73.3 Å². The van der Waals surface area contributed by atoms with Gasteiger partial charge in [-0.25, -0.2) is 9.18 Å². The van der Waals surface area contributed by atoms with Crippen LogP contribution in [-0.2, 0) is 11.3 Å². The van der Waals surface area contributed by atoms with Crippen molar-refractivity contribution < 1.29 is 32.3 Å². The van der Waals surface area contributed by atoms with Crippen molar-refractivity contribution in [2.24, 2.45) is 5.41 Å². The Hall–Kier alpha value is -2.46. The average Bonchev–Trinajstić information content (AvgIpc) is 3.32. The molecule has 0 radical (unpaired) electrons. The topological polar surface area (TPSA) is 60.9 Å². The molecule has 2 aliphatic rings. The molecule has 0 bridgehead atoms. The number of nitrogens with zero attached hydrogens (tertiary/aromatic N) is 2. The van der Waals surface area contributed by atoms with Crippen LogP contribution in [0.2, 0.25) is 0 Å². The molecule has 0 saturated carbocycles. The molecule has 1 N–H and O–H groups in total. The highest BCUT2D eigenvalue weighted by Gasteiger charge is 2.39. The number of carboxylic acids is 1. The summed E-state index contributed by atoms with van der Waals surface area (Å²) in [7, 11) is 0. The second kappa shape index (κ2) is 10.6. The highest BCUT2D eigenvalue weighted by molar-refractivity contribution is 7.08. The molecule has 10 heteroatoms. The molecule has 0 aliphatic carbocycles. The summed E-state index contributed by atoms with van der Waals surface area (Å²) in [5.41, 5.74) is 2.42. The predicted octanol–water partition coefficient (Wildman–Crippen LogP) is 5.04. The van der Waals surface area contributed by atoms with E-state index in [9.17, 15) is 22.4 Å². The molecule has 0 atom stereocenters. The summed E-state index contributed by atoms with van der Waals surface area (Å²) < 4.78 is 44.8. The van der Waals surface area contributed by atoms with E-state index < -0.39 is 12.1 Å². The van der Waals surface area contributed by atoms with Crippen molar-refractivity contribution in [1.82, 2.24) is 9.80 Å². The minimum absolute atomic E-state index is 0.171. The zero-order chi connectivity index (χ0) is 24.1. The van der Waals surface area contributed by atoms with Crippen LogP contribution >= 0.6 is 11.3 Å². The van der Waals surface area contributed by atoms with Gasteiger partial charge in [0, 0.05) is 25.0 Å². The van der Waals surface area contributed by atoms with Crippen molar-refractivity contribution in [3.63, 3.8) is 0 Å². The van der Waals surface area contributed by atoms with E-state index in [0.29, 0.717) is 5.41 Å². The van der Waals surface area contributed by atoms with Crippen LogP contribution in [0.15, 0.2) is 41.1 Å². The van der Waals surface area contributed by atoms with Crippen LogP contribution in [0.3, 0.4) is 0 Å². The van der Waals surface area contributed by atoms with Crippen LogP contribution in [0, 0.1) is 11.2 Å². The number of aliphatic carboxylic acids is 1. The molecule has 2 saturated heterocycles. The predicted molar refractivity (Wildman–Crippen MR) is 116 cm³/mol. The number of likely N-dealkylation sites (tertiary alicyclic amines) is 2. The van der Waals surface area contributed by atoms with Crippen LogP contribution in [-0.4, -0.2) is 59.1 Å². The van der Waals surface area contributed by atoms with E-state index >= 15 is 0 Å². The average molecular weight is 487 g/mol. The number of carbonyl (C=O) groups excluding carboxylic acids is 1. The number of benzene rings is 1. The smallest absolute Gasteiger partial charge is 0.475 e. The number of thiophene rings is 1. The quantitative estimate of drug-likeness (QED) is 0.618. The second-order valence-electron chi connectivity index (χ2n) is 8.51. The third kappa shape index (κ3) is 7.01. The van der Waals surface area contributed by atoms with Gasteiger partial charge in [0.05, 0.1) is 5.56 Å². The van der Waals surface area contributed by atoms with Gasteiger partial charge < -0.3 is 10.0 Å². The Morgan fingerprint density at radius 1 is 0.970 bits per heavy atom. The Balaban J connectivity index is 0.000000383. The number of piperidine rings is 2. The van der Waals surface area contributed by atoms with Gasteiger partial charge in [0.25, 0.3) is 5.91 Å². The largest absolute Gasteiger partial charge is 0.490 e. The molecule has 4 rings (SSSR count). The molecular weight excluding hydrogens is 460 g/mol. The van der Waals surface area contributed by atoms with Gasteiger partial charge in [-0.15, -0.1) is 0 Å². The van der Waals surface area contributed by atoms with Crippen molar-refractivity contribution in [2.45, 2.75) is 38.4 Å². The van der Waals surface area contributed by atoms with Crippen molar-refractivity contribution in [3.8, 4) is 0 Å². The molecule has 1 spiro atoms. The Morgan fingerprint density at radius 2 is 1.52 bits per heavy atom.